The van der Waals surface area contributed by atoms with Crippen LogP contribution in [0.5, 0.6) is 0 Å². The minimum absolute atomic E-state index is 0.652. The van der Waals surface area contributed by atoms with Gasteiger partial charge in [-0.05, 0) is 59.4 Å². The summed E-state index contributed by atoms with van der Waals surface area (Å²) in [5, 5.41) is 0. The van der Waals surface area contributed by atoms with Gasteiger partial charge in [-0.25, -0.2) is 0 Å². The van der Waals surface area contributed by atoms with Crippen LogP contribution >= 0.6 is 15.9 Å². The van der Waals surface area contributed by atoms with E-state index in [1.807, 2.05) is 12.4 Å². The van der Waals surface area contributed by atoms with E-state index in [4.69, 9.17) is 5.73 Å². The first-order chi connectivity index (χ1) is 8.74. The quantitative estimate of drug-likeness (QED) is 0.909. The van der Waals surface area contributed by atoms with Crippen LogP contribution in [-0.2, 0) is 6.54 Å². The van der Waals surface area contributed by atoms with Crippen molar-refractivity contribution in [2.75, 3.05) is 13.1 Å². The first-order valence-electron chi connectivity index (χ1n) is 6.78. The van der Waals surface area contributed by atoms with Gasteiger partial charge in [0.15, 0.2) is 0 Å². The molecule has 1 heterocycles. The van der Waals surface area contributed by atoms with Crippen LogP contribution in [0, 0.1) is 5.92 Å². The summed E-state index contributed by atoms with van der Waals surface area (Å²) in [6.07, 6.45) is 7.68. The summed E-state index contributed by atoms with van der Waals surface area (Å²) in [5.41, 5.74) is 7.16. The standard InChI is InChI=1S/C14H22BrN3/c1-2-18(14-5-3-4-12(14)7-16)10-11-6-13(15)9-17-8-11/h6,8-9,12,14H,2-5,7,10,16H2,1H3. The average Bonchev–Trinajstić information content (AvgIpc) is 2.84. The maximum Gasteiger partial charge on any atom is 0.0410 e. The van der Waals surface area contributed by atoms with Crippen LogP contribution in [-0.4, -0.2) is 29.0 Å². The van der Waals surface area contributed by atoms with Crippen LogP contribution in [0.1, 0.15) is 31.7 Å². The lowest BCUT2D eigenvalue weighted by Crippen LogP contribution is -2.39. The first-order valence-corrected chi connectivity index (χ1v) is 7.57. The highest BCUT2D eigenvalue weighted by Crippen LogP contribution is 2.30. The number of rotatable bonds is 5. The molecule has 2 unspecified atom stereocenters. The molecule has 2 atom stereocenters. The first kappa shape index (κ1) is 14.0. The second kappa shape index (κ2) is 6.64. The highest BCUT2D eigenvalue weighted by Gasteiger charge is 2.30. The molecule has 0 saturated heterocycles. The van der Waals surface area contributed by atoms with Crippen molar-refractivity contribution in [1.29, 1.82) is 0 Å². The maximum atomic E-state index is 5.89. The van der Waals surface area contributed by atoms with E-state index in [0.717, 1.165) is 24.1 Å². The highest BCUT2D eigenvalue weighted by atomic mass is 79.9. The Morgan fingerprint density at radius 3 is 2.94 bits per heavy atom. The lowest BCUT2D eigenvalue weighted by molar-refractivity contribution is 0.162. The summed E-state index contributed by atoms with van der Waals surface area (Å²) in [6.45, 7) is 5.10. The Balaban J connectivity index is 2.05. The van der Waals surface area contributed by atoms with E-state index in [0.29, 0.717) is 12.0 Å². The van der Waals surface area contributed by atoms with Gasteiger partial charge in [-0.15, -0.1) is 0 Å². The molecule has 0 bridgehead atoms. The molecule has 1 aliphatic rings. The van der Waals surface area contributed by atoms with Crippen LogP contribution < -0.4 is 5.73 Å². The van der Waals surface area contributed by atoms with E-state index in [2.05, 4.69) is 38.8 Å². The molecule has 0 radical (unpaired) electrons. The van der Waals surface area contributed by atoms with Gasteiger partial charge in [-0.1, -0.05) is 13.3 Å². The lowest BCUT2D eigenvalue weighted by atomic mass is 10.0. The Labute approximate surface area is 118 Å². The molecule has 0 aromatic carbocycles. The van der Waals surface area contributed by atoms with Crippen LogP contribution in [0.3, 0.4) is 0 Å². The van der Waals surface area contributed by atoms with Gasteiger partial charge in [0.2, 0.25) is 0 Å². The fraction of sp³-hybridized carbons (Fsp3) is 0.643. The van der Waals surface area contributed by atoms with Crippen molar-refractivity contribution >= 4 is 15.9 Å². The van der Waals surface area contributed by atoms with E-state index in [-0.39, 0.29) is 0 Å². The van der Waals surface area contributed by atoms with E-state index in [1.54, 1.807) is 0 Å². The van der Waals surface area contributed by atoms with Crippen molar-refractivity contribution in [3.05, 3.63) is 28.5 Å². The molecular formula is C14H22BrN3. The van der Waals surface area contributed by atoms with Crippen LogP contribution in [0.4, 0.5) is 0 Å². The van der Waals surface area contributed by atoms with Gasteiger partial charge in [0, 0.05) is 29.5 Å². The summed E-state index contributed by atoms with van der Waals surface area (Å²) in [5.74, 6) is 0.671. The monoisotopic (exact) mass is 311 g/mol. The molecule has 1 saturated carbocycles. The lowest BCUT2D eigenvalue weighted by Gasteiger charge is -2.31. The molecule has 4 heteroatoms. The normalized spacial score (nSPS) is 23.8. The number of halogens is 1. The number of nitrogens with two attached hydrogens (primary N) is 1. The molecule has 1 fully saturated rings. The predicted octanol–water partition coefficient (Wildman–Crippen LogP) is 2.79. The molecule has 2 N–H and O–H groups in total. The van der Waals surface area contributed by atoms with Gasteiger partial charge in [-0.3, -0.25) is 9.88 Å². The number of hydrogen-bond acceptors (Lipinski definition) is 3. The molecule has 0 spiro atoms. The Morgan fingerprint density at radius 1 is 1.44 bits per heavy atom. The van der Waals surface area contributed by atoms with Crippen LogP contribution in [0.15, 0.2) is 22.9 Å². The molecule has 3 nitrogen and oxygen atoms in total. The van der Waals surface area contributed by atoms with Crippen molar-refractivity contribution in [3.8, 4) is 0 Å². The Kier molecular flexibility index (Phi) is 5.15. The zero-order valence-electron chi connectivity index (χ0n) is 11.0. The third kappa shape index (κ3) is 3.31. The molecule has 18 heavy (non-hydrogen) atoms. The van der Waals surface area contributed by atoms with Gasteiger partial charge in [0.25, 0.3) is 0 Å². The van der Waals surface area contributed by atoms with Crippen molar-refractivity contribution < 1.29 is 0 Å². The molecule has 0 amide bonds. The number of pyridine rings is 1. The summed E-state index contributed by atoms with van der Waals surface area (Å²) >= 11 is 3.48. The van der Waals surface area contributed by atoms with E-state index in [9.17, 15) is 0 Å². The number of hydrogen-bond donors (Lipinski definition) is 1. The van der Waals surface area contributed by atoms with Crippen molar-refractivity contribution in [1.82, 2.24) is 9.88 Å². The van der Waals surface area contributed by atoms with Gasteiger partial charge in [0.1, 0.15) is 0 Å². The fourth-order valence-electron chi connectivity index (χ4n) is 3.01. The zero-order chi connectivity index (χ0) is 13.0. The third-order valence-corrected chi connectivity index (χ3v) is 4.38. The largest absolute Gasteiger partial charge is 0.330 e. The highest BCUT2D eigenvalue weighted by molar-refractivity contribution is 9.10. The van der Waals surface area contributed by atoms with Crippen molar-refractivity contribution in [2.24, 2.45) is 11.7 Å². The predicted molar refractivity (Wildman–Crippen MR) is 78.2 cm³/mol. The topological polar surface area (TPSA) is 42.2 Å². The summed E-state index contributed by atoms with van der Waals surface area (Å²) < 4.78 is 1.05. The van der Waals surface area contributed by atoms with E-state index < -0.39 is 0 Å². The Morgan fingerprint density at radius 2 is 2.28 bits per heavy atom. The van der Waals surface area contributed by atoms with Crippen LogP contribution in [0.25, 0.3) is 0 Å². The third-order valence-electron chi connectivity index (χ3n) is 3.94. The molecule has 1 aromatic rings. The number of nitrogens with zero attached hydrogens (tertiary/aromatic N) is 2. The molecule has 1 aromatic heterocycles. The zero-order valence-corrected chi connectivity index (χ0v) is 12.6. The second-order valence-electron chi connectivity index (χ2n) is 5.07. The molecule has 100 valence electrons. The summed E-state index contributed by atoms with van der Waals surface area (Å²) in [4.78, 5) is 6.79. The second-order valence-corrected chi connectivity index (χ2v) is 5.98. The summed E-state index contributed by atoms with van der Waals surface area (Å²) in [7, 11) is 0. The number of aromatic nitrogens is 1. The van der Waals surface area contributed by atoms with Gasteiger partial charge >= 0.3 is 0 Å². The molecule has 2 rings (SSSR count). The molecular weight excluding hydrogens is 290 g/mol. The van der Waals surface area contributed by atoms with Crippen molar-refractivity contribution in [3.63, 3.8) is 0 Å². The van der Waals surface area contributed by atoms with Gasteiger partial charge in [0.05, 0.1) is 0 Å². The fourth-order valence-corrected chi connectivity index (χ4v) is 3.43. The van der Waals surface area contributed by atoms with Crippen LogP contribution in [0.2, 0.25) is 0 Å². The van der Waals surface area contributed by atoms with E-state index in [1.165, 1.54) is 24.8 Å². The van der Waals surface area contributed by atoms with Gasteiger partial charge in [-0.2, -0.15) is 0 Å². The minimum Gasteiger partial charge on any atom is -0.330 e. The SMILES string of the molecule is CCN(Cc1cncc(Br)c1)C1CCCC1CN. The molecule has 0 aliphatic heterocycles. The Bertz CT molecular complexity index is 383. The maximum absolute atomic E-state index is 5.89. The summed E-state index contributed by atoms with van der Waals surface area (Å²) in [6, 6.07) is 2.81. The minimum atomic E-state index is 0.652. The Hall–Kier alpha value is -0.450. The van der Waals surface area contributed by atoms with Gasteiger partial charge < -0.3 is 5.73 Å². The van der Waals surface area contributed by atoms with Crippen molar-refractivity contribution in [2.45, 2.75) is 38.8 Å². The van der Waals surface area contributed by atoms with E-state index >= 15 is 0 Å². The average molecular weight is 312 g/mol. The molecule has 1 aliphatic carbocycles. The smallest absolute Gasteiger partial charge is 0.0410 e.